The number of rotatable bonds is 5. The average Bonchev–Trinajstić information content (AvgIpc) is 3.10. The summed E-state index contributed by atoms with van der Waals surface area (Å²) in [6.45, 7) is 2.29. The Morgan fingerprint density at radius 1 is 1.10 bits per heavy atom. The van der Waals surface area contributed by atoms with Gasteiger partial charge in [-0.1, -0.05) is 49.4 Å². The molecular formula is C23H23NO5S. The van der Waals surface area contributed by atoms with Gasteiger partial charge in [0.25, 0.3) is 5.91 Å². The minimum absolute atomic E-state index is 0.0442. The van der Waals surface area contributed by atoms with E-state index < -0.39 is 27.4 Å². The second-order valence-corrected chi connectivity index (χ2v) is 9.87. The van der Waals surface area contributed by atoms with Crippen LogP contribution in [0, 0.1) is 0 Å². The summed E-state index contributed by atoms with van der Waals surface area (Å²) in [5.41, 5.74) is 1.67. The molecule has 0 spiro atoms. The van der Waals surface area contributed by atoms with Crippen LogP contribution >= 0.6 is 0 Å². The Kier molecular flexibility index (Phi) is 5.47. The average molecular weight is 426 g/mol. The highest BCUT2D eigenvalue weighted by Gasteiger charge is 2.36. The van der Waals surface area contributed by atoms with Gasteiger partial charge < -0.3 is 9.32 Å². The molecule has 1 aromatic heterocycles. The van der Waals surface area contributed by atoms with Crippen LogP contribution < -0.4 is 5.63 Å². The van der Waals surface area contributed by atoms with Gasteiger partial charge in [-0.2, -0.15) is 0 Å². The normalized spacial score (nSPS) is 17.8. The van der Waals surface area contributed by atoms with Crippen molar-refractivity contribution in [3.63, 3.8) is 0 Å². The van der Waals surface area contributed by atoms with Gasteiger partial charge in [-0.15, -0.1) is 0 Å². The molecule has 156 valence electrons. The van der Waals surface area contributed by atoms with Crippen molar-refractivity contribution in [2.24, 2.45) is 0 Å². The minimum Gasteiger partial charge on any atom is -0.422 e. The maximum Gasteiger partial charge on any atom is 0.349 e. The molecule has 3 aromatic rings. The molecule has 0 unspecified atom stereocenters. The van der Waals surface area contributed by atoms with E-state index in [9.17, 15) is 18.0 Å². The summed E-state index contributed by atoms with van der Waals surface area (Å²) in [5.74, 6) is -0.552. The van der Waals surface area contributed by atoms with Crippen molar-refractivity contribution in [3.8, 4) is 0 Å². The molecule has 0 saturated carbocycles. The zero-order valence-corrected chi connectivity index (χ0v) is 17.5. The number of carbonyl (C=O) groups excluding carboxylic acids is 1. The molecule has 6 nitrogen and oxygen atoms in total. The molecule has 0 radical (unpaired) electrons. The van der Waals surface area contributed by atoms with Crippen LogP contribution in [0.2, 0.25) is 0 Å². The van der Waals surface area contributed by atoms with Crippen molar-refractivity contribution in [3.05, 3.63) is 81.7 Å². The van der Waals surface area contributed by atoms with Crippen molar-refractivity contribution in [1.29, 1.82) is 0 Å². The summed E-state index contributed by atoms with van der Waals surface area (Å²) < 4.78 is 29.5. The summed E-state index contributed by atoms with van der Waals surface area (Å²) in [6.07, 6.45) is 1.27. The van der Waals surface area contributed by atoms with Gasteiger partial charge in [0.05, 0.1) is 11.5 Å². The SMILES string of the molecule is CCc1ccc(CN(C(=O)c2cc3ccccc3oc2=O)[C@H]2CCS(=O)(=O)C2)cc1. The molecule has 2 aromatic carbocycles. The first-order valence-electron chi connectivity index (χ1n) is 9.98. The highest BCUT2D eigenvalue weighted by Crippen LogP contribution is 2.23. The molecule has 2 heterocycles. The molecule has 0 bridgehead atoms. The molecule has 0 aliphatic carbocycles. The van der Waals surface area contributed by atoms with Gasteiger partial charge in [0, 0.05) is 18.0 Å². The van der Waals surface area contributed by atoms with Crippen LogP contribution in [0.4, 0.5) is 0 Å². The van der Waals surface area contributed by atoms with Crippen LogP contribution in [-0.2, 0) is 22.8 Å². The number of amides is 1. The maximum absolute atomic E-state index is 13.4. The lowest BCUT2D eigenvalue weighted by molar-refractivity contribution is 0.0676. The Balaban J connectivity index is 1.72. The number of hydrogen-bond acceptors (Lipinski definition) is 5. The number of para-hydroxylation sites is 1. The summed E-state index contributed by atoms with van der Waals surface area (Å²) in [6, 6.07) is 15.9. The van der Waals surface area contributed by atoms with Crippen LogP contribution in [-0.4, -0.2) is 36.8 Å². The number of benzene rings is 2. The topological polar surface area (TPSA) is 84.7 Å². The number of hydrogen-bond donors (Lipinski definition) is 0. The fraction of sp³-hybridized carbons (Fsp3) is 0.304. The van der Waals surface area contributed by atoms with Crippen LogP contribution in [0.1, 0.15) is 34.8 Å². The summed E-state index contributed by atoms with van der Waals surface area (Å²) >= 11 is 0. The third-order valence-electron chi connectivity index (χ3n) is 5.57. The fourth-order valence-electron chi connectivity index (χ4n) is 3.83. The van der Waals surface area contributed by atoms with Crippen molar-refractivity contribution in [2.45, 2.75) is 32.4 Å². The van der Waals surface area contributed by atoms with E-state index in [2.05, 4.69) is 6.92 Å². The first-order chi connectivity index (χ1) is 14.4. The number of sulfone groups is 1. The lowest BCUT2D eigenvalue weighted by atomic mass is 10.1. The molecule has 1 fully saturated rings. The van der Waals surface area contributed by atoms with E-state index in [0.717, 1.165) is 12.0 Å². The van der Waals surface area contributed by atoms with E-state index in [1.54, 1.807) is 24.3 Å². The predicted molar refractivity (Wildman–Crippen MR) is 115 cm³/mol. The molecule has 4 rings (SSSR count). The highest BCUT2D eigenvalue weighted by atomic mass is 32.2. The van der Waals surface area contributed by atoms with Crippen molar-refractivity contribution >= 4 is 26.7 Å². The summed E-state index contributed by atoms with van der Waals surface area (Å²) in [7, 11) is -3.20. The predicted octanol–water partition coefficient (Wildman–Crippen LogP) is 3.18. The van der Waals surface area contributed by atoms with Gasteiger partial charge in [0.15, 0.2) is 9.84 Å². The van der Waals surface area contributed by atoms with Gasteiger partial charge in [-0.25, -0.2) is 13.2 Å². The zero-order valence-electron chi connectivity index (χ0n) is 16.7. The Morgan fingerprint density at radius 3 is 2.47 bits per heavy atom. The molecule has 1 aliphatic heterocycles. The zero-order chi connectivity index (χ0) is 21.3. The fourth-order valence-corrected chi connectivity index (χ4v) is 5.56. The highest BCUT2D eigenvalue weighted by molar-refractivity contribution is 7.91. The largest absolute Gasteiger partial charge is 0.422 e. The second kappa shape index (κ2) is 8.07. The van der Waals surface area contributed by atoms with E-state index in [-0.39, 0.29) is 23.6 Å². The Bertz CT molecular complexity index is 1240. The lowest BCUT2D eigenvalue weighted by Gasteiger charge is -2.28. The van der Waals surface area contributed by atoms with Gasteiger partial charge in [0.1, 0.15) is 11.1 Å². The third-order valence-corrected chi connectivity index (χ3v) is 7.32. The molecule has 0 N–H and O–H groups in total. The second-order valence-electron chi connectivity index (χ2n) is 7.65. The lowest BCUT2D eigenvalue weighted by Crippen LogP contribution is -2.42. The van der Waals surface area contributed by atoms with Gasteiger partial charge in [0.2, 0.25) is 0 Å². The molecule has 1 saturated heterocycles. The number of fused-ring (bicyclic) bond motifs is 1. The number of carbonyl (C=O) groups is 1. The Labute approximate surface area is 175 Å². The molecule has 1 atom stereocenters. The summed E-state index contributed by atoms with van der Waals surface area (Å²) in [4.78, 5) is 27.4. The van der Waals surface area contributed by atoms with Gasteiger partial charge >= 0.3 is 5.63 Å². The number of aryl methyl sites for hydroxylation is 1. The Hall–Kier alpha value is -2.93. The van der Waals surface area contributed by atoms with Crippen molar-refractivity contribution in [1.82, 2.24) is 4.90 Å². The van der Waals surface area contributed by atoms with E-state index in [4.69, 9.17) is 4.42 Å². The number of nitrogens with zero attached hydrogens (tertiary/aromatic N) is 1. The monoisotopic (exact) mass is 425 g/mol. The maximum atomic E-state index is 13.4. The van der Waals surface area contributed by atoms with Crippen LogP contribution in [0.25, 0.3) is 11.0 Å². The molecule has 30 heavy (non-hydrogen) atoms. The molecule has 1 aliphatic rings. The molecule has 1 amide bonds. The quantitative estimate of drug-likeness (QED) is 0.586. The third kappa shape index (κ3) is 4.16. The smallest absolute Gasteiger partial charge is 0.349 e. The van der Waals surface area contributed by atoms with Crippen LogP contribution in [0.5, 0.6) is 0 Å². The van der Waals surface area contributed by atoms with Crippen LogP contribution in [0.15, 0.2) is 63.8 Å². The minimum atomic E-state index is -3.20. The first kappa shape index (κ1) is 20.3. The summed E-state index contributed by atoms with van der Waals surface area (Å²) in [5, 5.41) is 0.645. The van der Waals surface area contributed by atoms with Crippen molar-refractivity contribution in [2.75, 3.05) is 11.5 Å². The van der Waals surface area contributed by atoms with E-state index in [1.165, 1.54) is 16.5 Å². The first-order valence-corrected chi connectivity index (χ1v) is 11.8. The van der Waals surface area contributed by atoms with E-state index >= 15 is 0 Å². The van der Waals surface area contributed by atoms with Gasteiger partial charge in [-0.05, 0) is 36.1 Å². The Morgan fingerprint density at radius 2 is 1.80 bits per heavy atom. The standard InChI is InChI=1S/C23H23NO5S/c1-2-16-7-9-17(10-8-16)14-24(19-11-12-30(27,28)15-19)22(25)20-13-18-5-3-4-6-21(18)29-23(20)26/h3-10,13,19H,2,11-12,14-15H2,1H3/t19-/m0/s1. The van der Waals surface area contributed by atoms with E-state index in [0.29, 0.717) is 17.4 Å². The molecule has 7 heteroatoms. The molecular weight excluding hydrogens is 402 g/mol. The van der Waals surface area contributed by atoms with Crippen molar-refractivity contribution < 1.29 is 17.6 Å². The van der Waals surface area contributed by atoms with Crippen LogP contribution in [0.3, 0.4) is 0 Å². The van der Waals surface area contributed by atoms with E-state index in [1.807, 2.05) is 24.3 Å². The van der Waals surface area contributed by atoms with Gasteiger partial charge in [-0.3, -0.25) is 4.79 Å².